The smallest absolute Gasteiger partial charge is 0.350 e. The molecule has 7 heteroatoms. The molecule has 0 fully saturated rings. The van der Waals surface area contributed by atoms with Gasteiger partial charge in [-0.2, -0.15) is 0 Å². The number of Topliss-reactive ketones (excluding diaryl/α,β-unsaturated/α-hetero) is 1. The molecule has 134 valence electrons. The summed E-state index contributed by atoms with van der Waals surface area (Å²) >= 11 is 7.48. The van der Waals surface area contributed by atoms with Crippen molar-refractivity contribution in [1.29, 1.82) is 0 Å². The Morgan fingerprint density at radius 3 is 2.31 bits per heavy atom. The van der Waals surface area contributed by atoms with E-state index in [2.05, 4.69) is 0 Å². The highest BCUT2D eigenvalue weighted by Crippen LogP contribution is 2.37. The number of benzene rings is 2. The third-order valence-electron chi connectivity index (χ3n) is 3.77. The molecule has 1 aromatic heterocycles. The van der Waals surface area contributed by atoms with Crippen molar-refractivity contribution in [2.75, 3.05) is 20.8 Å². The summed E-state index contributed by atoms with van der Waals surface area (Å²) in [5, 5.41) is 1.06. The third-order valence-corrected chi connectivity index (χ3v) is 5.41. The molecule has 3 rings (SSSR count). The summed E-state index contributed by atoms with van der Waals surface area (Å²) in [7, 11) is 3.11. The molecule has 0 atom stereocenters. The fourth-order valence-electron chi connectivity index (χ4n) is 2.36. The largest absolute Gasteiger partial charge is 0.497 e. The van der Waals surface area contributed by atoms with Gasteiger partial charge in [-0.05, 0) is 42.5 Å². The molecule has 0 unspecified atom stereocenters. The van der Waals surface area contributed by atoms with Crippen LogP contribution < -0.4 is 9.47 Å². The minimum atomic E-state index is -0.628. The predicted molar refractivity (Wildman–Crippen MR) is 101 cm³/mol. The van der Waals surface area contributed by atoms with Crippen molar-refractivity contribution in [1.82, 2.24) is 0 Å². The Hall–Kier alpha value is -2.57. The topological polar surface area (TPSA) is 61.8 Å². The van der Waals surface area contributed by atoms with Gasteiger partial charge in [0.05, 0.1) is 19.2 Å². The molecule has 0 aliphatic heterocycles. The molecule has 26 heavy (non-hydrogen) atoms. The third kappa shape index (κ3) is 3.66. The molecule has 0 saturated heterocycles. The van der Waals surface area contributed by atoms with E-state index in [1.807, 2.05) is 0 Å². The highest BCUT2D eigenvalue weighted by Gasteiger charge is 2.20. The number of ether oxygens (including phenoxy) is 3. The average molecular weight is 391 g/mol. The van der Waals surface area contributed by atoms with Crippen molar-refractivity contribution in [3.05, 3.63) is 57.9 Å². The highest BCUT2D eigenvalue weighted by molar-refractivity contribution is 7.21. The number of rotatable bonds is 6. The Morgan fingerprint density at radius 1 is 1.00 bits per heavy atom. The second-order valence-electron chi connectivity index (χ2n) is 5.34. The van der Waals surface area contributed by atoms with E-state index < -0.39 is 5.97 Å². The zero-order chi connectivity index (χ0) is 18.7. The van der Waals surface area contributed by atoms with E-state index in [-0.39, 0.29) is 17.3 Å². The molecule has 0 N–H and O–H groups in total. The Balaban J connectivity index is 1.72. The van der Waals surface area contributed by atoms with Crippen LogP contribution in [0.3, 0.4) is 0 Å². The number of thiophene rings is 1. The fourth-order valence-corrected chi connectivity index (χ4v) is 3.79. The van der Waals surface area contributed by atoms with E-state index >= 15 is 0 Å². The van der Waals surface area contributed by atoms with Gasteiger partial charge in [-0.3, -0.25) is 4.79 Å². The van der Waals surface area contributed by atoms with Crippen LogP contribution in [-0.4, -0.2) is 32.6 Å². The van der Waals surface area contributed by atoms with Gasteiger partial charge in [0, 0.05) is 15.6 Å². The zero-order valence-electron chi connectivity index (χ0n) is 14.1. The first kappa shape index (κ1) is 18.2. The van der Waals surface area contributed by atoms with E-state index in [9.17, 15) is 9.59 Å². The average Bonchev–Trinajstić information content (AvgIpc) is 3.01. The van der Waals surface area contributed by atoms with Crippen LogP contribution in [0.4, 0.5) is 0 Å². The van der Waals surface area contributed by atoms with Gasteiger partial charge >= 0.3 is 5.97 Å². The van der Waals surface area contributed by atoms with Crippen molar-refractivity contribution in [2.45, 2.75) is 0 Å². The Kier molecular flexibility index (Phi) is 5.44. The number of esters is 1. The van der Waals surface area contributed by atoms with Crippen LogP contribution in [0.15, 0.2) is 42.5 Å². The van der Waals surface area contributed by atoms with Crippen molar-refractivity contribution >= 4 is 44.8 Å². The second-order valence-corrected chi connectivity index (χ2v) is 6.77. The van der Waals surface area contributed by atoms with Crippen molar-refractivity contribution in [2.24, 2.45) is 0 Å². The molecule has 0 bridgehead atoms. The number of ketones is 1. The molecular formula is C19H15ClO5S. The molecule has 0 aliphatic rings. The first-order valence-electron chi connectivity index (χ1n) is 7.64. The lowest BCUT2D eigenvalue weighted by molar-refractivity contribution is 0.0480. The Labute approximate surface area is 159 Å². The van der Waals surface area contributed by atoms with Gasteiger partial charge in [0.1, 0.15) is 16.4 Å². The van der Waals surface area contributed by atoms with Crippen LogP contribution in [0.5, 0.6) is 11.5 Å². The summed E-state index contributed by atoms with van der Waals surface area (Å²) in [4.78, 5) is 24.7. The second kappa shape index (κ2) is 7.76. The van der Waals surface area contributed by atoms with Crippen LogP contribution in [0.1, 0.15) is 20.0 Å². The molecule has 0 amide bonds. The van der Waals surface area contributed by atoms with Crippen LogP contribution in [-0.2, 0) is 4.74 Å². The number of carbonyl (C=O) groups excluding carboxylic acids is 2. The maximum Gasteiger partial charge on any atom is 0.350 e. The zero-order valence-corrected chi connectivity index (χ0v) is 15.6. The molecule has 0 saturated carbocycles. The van der Waals surface area contributed by atoms with Gasteiger partial charge in [0.15, 0.2) is 12.4 Å². The minimum Gasteiger partial charge on any atom is -0.497 e. The number of fused-ring (bicyclic) bond motifs is 1. The van der Waals surface area contributed by atoms with E-state index in [0.717, 1.165) is 10.1 Å². The summed E-state index contributed by atoms with van der Waals surface area (Å²) in [6, 6.07) is 11.9. The van der Waals surface area contributed by atoms with Crippen LogP contribution in [0, 0.1) is 0 Å². The van der Waals surface area contributed by atoms with Gasteiger partial charge in [-0.25, -0.2) is 4.79 Å². The summed E-state index contributed by atoms with van der Waals surface area (Å²) in [6.45, 7) is -0.362. The lowest BCUT2D eigenvalue weighted by Crippen LogP contribution is -2.13. The lowest BCUT2D eigenvalue weighted by Gasteiger charge is -2.04. The van der Waals surface area contributed by atoms with Crippen LogP contribution >= 0.6 is 22.9 Å². The molecule has 0 radical (unpaired) electrons. The normalized spacial score (nSPS) is 10.6. The SMILES string of the molecule is COc1ccc(C(=O)COC(=O)c2sc3cc(OC)ccc3c2Cl)cc1. The number of halogens is 1. The standard InChI is InChI=1S/C19H15ClO5S/c1-23-12-5-3-11(4-6-12)15(21)10-25-19(22)18-17(20)14-8-7-13(24-2)9-16(14)26-18/h3-9H,10H2,1-2H3. The first-order chi connectivity index (χ1) is 12.5. The Morgan fingerprint density at radius 2 is 1.65 bits per heavy atom. The quantitative estimate of drug-likeness (QED) is 0.454. The van der Waals surface area contributed by atoms with Crippen molar-refractivity contribution in [3.8, 4) is 11.5 Å². The van der Waals surface area contributed by atoms with E-state index in [0.29, 0.717) is 22.1 Å². The maximum absolute atomic E-state index is 12.3. The van der Waals surface area contributed by atoms with Gasteiger partial charge in [-0.1, -0.05) is 11.6 Å². The first-order valence-corrected chi connectivity index (χ1v) is 8.83. The molecule has 3 aromatic rings. The number of carbonyl (C=O) groups is 2. The molecular weight excluding hydrogens is 376 g/mol. The maximum atomic E-state index is 12.3. The van der Waals surface area contributed by atoms with Gasteiger partial charge < -0.3 is 14.2 Å². The molecule has 0 aliphatic carbocycles. The fraction of sp³-hybridized carbons (Fsp3) is 0.158. The summed E-state index contributed by atoms with van der Waals surface area (Å²) in [5.74, 6) is 0.382. The highest BCUT2D eigenvalue weighted by atomic mass is 35.5. The van der Waals surface area contributed by atoms with Crippen LogP contribution in [0.25, 0.3) is 10.1 Å². The molecule has 0 spiro atoms. The number of methoxy groups -OCH3 is 2. The minimum absolute atomic E-state index is 0.262. The molecule has 2 aromatic carbocycles. The van der Waals surface area contributed by atoms with E-state index in [1.165, 1.54) is 11.3 Å². The van der Waals surface area contributed by atoms with E-state index in [1.54, 1.807) is 56.7 Å². The summed E-state index contributed by atoms with van der Waals surface area (Å²) in [6.07, 6.45) is 0. The predicted octanol–water partition coefficient (Wildman–Crippen LogP) is 4.61. The van der Waals surface area contributed by atoms with E-state index in [4.69, 9.17) is 25.8 Å². The van der Waals surface area contributed by atoms with Gasteiger partial charge in [0.2, 0.25) is 0 Å². The van der Waals surface area contributed by atoms with Gasteiger partial charge in [0.25, 0.3) is 0 Å². The molecule has 5 nitrogen and oxygen atoms in total. The molecule has 1 heterocycles. The van der Waals surface area contributed by atoms with Crippen molar-refractivity contribution in [3.63, 3.8) is 0 Å². The monoisotopic (exact) mass is 390 g/mol. The Bertz CT molecular complexity index is 962. The summed E-state index contributed by atoms with van der Waals surface area (Å²) in [5.41, 5.74) is 0.436. The van der Waals surface area contributed by atoms with Crippen molar-refractivity contribution < 1.29 is 23.8 Å². The summed E-state index contributed by atoms with van der Waals surface area (Å²) < 4.78 is 16.2. The lowest BCUT2D eigenvalue weighted by atomic mass is 10.1. The number of hydrogen-bond donors (Lipinski definition) is 0. The van der Waals surface area contributed by atoms with Crippen LogP contribution in [0.2, 0.25) is 5.02 Å². The van der Waals surface area contributed by atoms with Gasteiger partial charge in [-0.15, -0.1) is 11.3 Å². The number of hydrogen-bond acceptors (Lipinski definition) is 6.